The summed E-state index contributed by atoms with van der Waals surface area (Å²) in [5, 5.41) is 18.8. The van der Waals surface area contributed by atoms with Crippen LogP contribution in [0.1, 0.15) is 111 Å². The van der Waals surface area contributed by atoms with Crippen LogP contribution in [0.3, 0.4) is 0 Å². The van der Waals surface area contributed by atoms with E-state index in [-0.39, 0.29) is 11.9 Å². The Kier molecular flexibility index (Phi) is 16.2. The highest BCUT2D eigenvalue weighted by Gasteiger charge is 2.25. The maximum Gasteiger partial charge on any atom is 0.311 e. The molecular formula is C22H44O4. The minimum Gasteiger partial charge on any atom is -0.433 e. The van der Waals surface area contributed by atoms with E-state index in [0.29, 0.717) is 5.92 Å². The van der Waals surface area contributed by atoms with Crippen LogP contribution >= 0.6 is 0 Å². The van der Waals surface area contributed by atoms with Crippen LogP contribution in [0.4, 0.5) is 0 Å². The molecule has 0 spiro atoms. The van der Waals surface area contributed by atoms with Gasteiger partial charge in [0.15, 0.2) is 0 Å². The summed E-state index contributed by atoms with van der Waals surface area (Å²) in [4.78, 5) is 12.2. The van der Waals surface area contributed by atoms with Crippen LogP contribution in [-0.2, 0) is 9.53 Å². The van der Waals surface area contributed by atoms with Gasteiger partial charge in [0, 0.05) is 0 Å². The summed E-state index contributed by atoms with van der Waals surface area (Å²) in [5.74, 6) is -0.148. The molecule has 0 aromatic rings. The number of carbonyl (C=O) groups is 1. The van der Waals surface area contributed by atoms with E-state index in [4.69, 9.17) is 4.74 Å². The Labute approximate surface area is 161 Å². The smallest absolute Gasteiger partial charge is 0.311 e. The largest absolute Gasteiger partial charge is 0.433 e. The van der Waals surface area contributed by atoms with E-state index in [1.807, 2.05) is 0 Å². The molecule has 3 atom stereocenters. The number of rotatable bonds is 17. The quantitative estimate of drug-likeness (QED) is 0.198. The summed E-state index contributed by atoms with van der Waals surface area (Å²) in [5.41, 5.74) is 0. The number of ether oxygens (including phenoxy) is 1. The van der Waals surface area contributed by atoms with E-state index in [1.54, 1.807) is 0 Å². The van der Waals surface area contributed by atoms with Gasteiger partial charge in [0.1, 0.15) is 6.10 Å². The Bertz CT molecular complexity index is 328. The number of carbonyl (C=O) groups excluding carboxylic acids is 1. The molecule has 2 N–H and O–H groups in total. The van der Waals surface area contributed by atoms with Crippen LogP contribution in [0.15, 0.2) is 0 Å². The maximum atomic E-state index is 12.2. The number of unbranched alkanes of at least 4 members (excludes halogenated alkanes) is 10. The zero-order valence-electron chi connectivity index (χ0n) is 17.7. The molecule has 0 aliphatic carbocycles. The second kappa shape index (κ2) is 16.6. The van der Waals surface area contributed by atoms with Crippen molar-refractivity contribution in [3.63, 3.8) is 0 Å². The lowest BCUT2D eigenvalue weighted by atomic mass is 9.91. The Morgan fingerprint density at radius 2 is 1.27 bits per heavy atom. The van der Waals surface area contributed by atoms with Crippen LogP contribution in [0.2, 0.25) is 0 Å². The average molecular weight is 373 g/mol. The third-order valence-electron chi connectivity index (χ3n) is 4.89. The fourth-order valence-corrected chi connectivity index (χ4v) is 3.27. The molecule has 0 aromatic carbocycles. The first kappa shape index (κ1) is 25.4. The highest BCUT2D eigenvalue weighted by molar-refractivity contribution is 5.72. The number of aliphatic hydroxyl groups is 2. The molecule has 0 saturated carbocycles. The normalized spacial score (nSPS) is 15.0. The van der Waals surface area contributed by atoms with Crippen molar-refractivity contribution in [2.24, 2.45) is 11.8 Å². The van der Waals surface area contributed by atoms with Gasteiger partial charge in [-0.1, -0.05) is 91.4 Å². The van der Waals surface area contributed by atoms with Crippen molar-refractivity contribution >= 4 is 5.97 Å². The Morgan fingerprint density at radius 1 is 0.808 bits per heavy atom. The van der Waals surface area contributed by atoms with Gasteiger partial charge >= 0.3 is 5.97 Å². The molecule has 0 rings (SSSR count). The van der Waals surface area contributed by atoms with Crippen molar-refractivity contribution in [3.8, 4) is 0 Å². The van der Waals surface area contributed by atoms with E-state index in [9.17, 15) is 15.0 Å². The molecule has 4 heteroatoms. The van der Waals surface area contributed by atoms with Crippen LogP contribution in [-0.4, -0.2) is 28.6 Å². The first-order valence-electron chi connectivity index (χ1n) is 10.9. The second-order valence-corrected chi connectivity index (χ2v) is 8.22. The third-order valence-corrected chi connectivity index (χ3v) is 4.89. The van der Waals surface area contributed by atoms with Crippen LogP contribution in [0.5, 0.6) is 0 Å². The van der Waals surface area contributed by atoms with E-state index in [0.717, 1.165) is 25.7 Å². The SMILES string of the molecule is CCCCCCCCCCCCCC(CC(C)C)C(=O)OC(O)C(C)O. The van der Waals surface area contributed by atoms with Crippen LogP contribution in [0.25, 0.3) is 0 Å². The van der Waals surface area contributed by atoms with Crippen molar-refractivity contribution in [2.45, 2.75) is 124 Å². The van der Waals surface area contributed by atoms with E-state index in [2.05, 4.69) is 20.8 Å². The minimum atomic E-state index is -1.42. The maximum absolute atomic E-state index is 12.2. The summed E-state index contributed by atoms with van der Waals surface area (Å²) < 4.78 is 4.99. The van der Waals surface area contributed by atoms with E-state index in [1.165, 1.54) is 64.7 Å². The molecule has 3 unspecified atom stereocenters. The first-order valence-corrected chi connectivity index (χ1v) is 10.9. The predicted molar refractivity (Wildman–Crippen MR) is 108 cm³/mol. The van der Waals surface area contributed by atoms with Crippen molar-refractivity contribution < 1.29 is 19.7 Å². The van der Waals surface area contributed by atoms with Gasteiger partial charge in [-0.05, 0) is 25.7 Å². The molecule has 4 nitrogen and oxygen atoms in total. The standard InChI is InChI=1S/C22H44O4/c1-5-6-7-8-9-10-11-12-13-14-15-16-20(17-18(2)3)22(25)26-21(24)19(4)23/h18-21,23-24H,5-17H2,1-4H3. The highest BCUT2D eigenvalue weighted by Crippen LogP contribution is 2.22. The first-order chi connectivity index (χ1) is 12.4. The van der Waals surface area contributed by atoms with Gasteiger partial charge < -0.3 is 14.9 Å². The summed E-state index contributed by atoms with van der Waals surface area (Å²) in [6.07, 6.45) is 13.3. The average Bonchev–Trinajstić information content (AvgIpc) is 2.58. The number of esters is 1. The molecule has 0 aliphatic rings. The van der Waals surface area contributed by atoms with Crippen molar-refractivity contribution in [2.75, 3.05) is 0 Å². The van der Waals surface area contributed by atoms with Crippen molar-refractivity contribution in [1.82, 2.24) is 0 Å². The monoisotopic (exact) mass is 372 g/mol. The molecule has 0 aromatic heterocycles. The summed E-state index contributed by atoms with van der Waals surface area (Å²) in [6.45, 7) is 7.84. The van der Waals surface area contributed by atoms with E-state index >= 15 is 0 Å². The molecule has 0 heterocycles. The highest BCUT2D eigenvalue weighted by atomic mass is 16.6. The van der Waals surface area contributed by atoms with Crippen molar-refractivity contribution in [1.29, 1.82) is 0 Å². The lowest BCUT2D eigenvalue weighted by Crippen LogP contribution is -2.32. The van der Waals surface area contributed by atoms with Crippen molar-refractivity contribution in [3.05, 3.63) is 0 Å². The Morgan fingerprint density at radius 3 is 1.69 bits per heavy atom. The Balaban J connectivity index is 3.85. The zero-order chi connectivity index (χ0) is 19.8. The fraction of sp³-hybridized carbons (Fsp3) is 0.955. The van der Waals surface area contributed by atoms with Crippen LogP contribution < -0.4 is 0 Å². The molecular weight excluding hydrogens is 328 g/mol. The molecule has 26 heavy (non-hydrogen) atoms. The molecule has 0 fully saturated rings. The second-order valence-electron chi connectivity index (χ2n) is 8.22. The zero-order valence-corrected chi connectivity index (χ0v) is 17.7. The minimum absolute atomic E-state index is 0.179. The number of hydrogen-bond donors (Lipinski definition) is 2. The van der Waals surface area contributed by atoms with Gasteiger partial charge in [-0.2, -0.15) is 0 Å². The molecule has 0 aliphatic heterocycles. The lowest BCUT2D eigenvalue weighted by molar-refractivity contribution is -0.189. The molecule has 156 valence electrons. The number of hydrogen-bond acceptors (Lipinski definition) is 4. The lowest BCUT2D eigenvalue weighted by Gasteiger charge is -2.21. The van der Waals surface area contributed by atoms with Gasteiger partial charge in [-0.15, -0.1) is 0 Å². The van der Waals surface area contributed by atoms with Gasteiger partial charge in [0.2, 0.25) is 6.29 Å². The van der Waals surface area contributed by atoms with Gasteiger partial charge in [-0.3, -0.25) is 4.79 Å². The fourth-order valence-electron chi connectivity index (χ4n) is 3.27. The topological polar surface area (TPSA) is 66.8 Å². The molecule has 0 bridgehead atoms. The predicted octanol–water partition coefficient (Wildman–Crippen LogP) is 5.59. The molecule has 0 saturated heterocycles. The summed E-state index contributed by atoms with van der Waals surface area (Å²) in [6, 6.07) is 0. The van der Waals surface area contributed by atoms with Gasteiger partial charge in [-0.25, -0.2) is 0 Å². The summed E-state index contributed by atoms with van der Waals surface area (Å²) in [7, 11) is 0. The number of aliphatic hydroxyl groups excluding tert-OH is 2. The Hall–Kier alpha value is -0.610. The van der Waals surface area contributed by atoms with Gasteiger partial charge in [0.05, 0.1) is 5.92 Å². The van der Waals surface area contributed by atoms with Crippen LogP contribution in [0, 0.1) is 11.8 Å². The molecule has 0 amide bonds. The van der Waals surface area contributed by atoms with Gasteiger partial charge in [0.25, 0.3) is 0 Å². The molecule has 0 radical (unpaired) electrons. The summed E-state index contributed by atoms with van der Waals surface area (Å²) >= 11 is 0. The van der Waals surface area contributed by atoms with E-state index < -0.39 is 12.4 Å². The third kappa shape index (κ3) is 14.5.